The van der Waals surface area contributed by atoms with Gasteiger partial charge in [0.15, 0.2) is 0 Å². The molecule has 148 valence electrons. The van der Waals surface area contributed by atoms with Gasteiger partial charge in [-0.15, -0.1) is 0 Å². The molecule has 5 nitrogen and oxygen atoms in total. The standard InChI is InChI=1S/C23H28N2O3/c1-15-12-25(23(26)20-6-5-7-21(27-4)22(15)20)19-10-8-18(9-11-19)24-13-16(2)28-17(3)14-24/h5-11,15-17H,12-14H2,1-4H3/t15?,16-,17+. The fourth-order valence-corrected chi connectivity index (χ4v) is 4.47. The summed E-state index contributed by atoms with van der Waals surface area (Å²) in [6.07, 6.45) is 0.443. The predicted octanol–water partition coefficient (Wildman–Crippen LogP) is 4.07. The minimum absolute atomic E-state index is 0.0355. The van der Waals surface area contributed by atoms with E-state index in [1.54, 1.807) is 7.11 Å². The van der Waals surface area contributed by atoms with Gasteiger partial charge in [0.25, 0.3) is 5.91 Å². The summed E-state index contributed by atoms with van der Waals surface area (Å²) in [7, 11) is 1.66. The number of benzene rings is 2. The molecule has 0 N–H and O–H groups in total. The first-order valence-electron chi connectivity index (χ1n) is 9.97. The molecule has 2 aliphatic heterocycles. The number of carbonyl (C=O) groups excluding carboxylic acids is 1. The molecule has 0 saturated carbocycles. The van der Waals surface area contributed by atoms with Crippen LogP contribution >= 0.6 is 0 Å². The van der Waals surface area contributed by atoms with Crippen LogP contribution in [0.4, 0.5) is 11.4 Å². The highest BCUT2D eigenvalue weighted by Gasteiger charge is 2.32. The lowest BCUT2D eigenvalue weighted by Crippen LogP contribution is -2.45. The summed E-state index contributed by atoms with van der Waals surface area (Å²) in [6, 6.07) is 14.0. The van der Waals surface area contributed by atoms with E-state index in [2.05, 4.69) is 49.9 Å². The number of nitrogens with zero attached hydrogens (tertiary/aromatic N) is 2. The molecule has 3 atom stereocenters. The molecular formula is C23H28N2O3. The summed E-state index contributed by atoms with van der Waals surface area (Å²) < 4.78 is 11.3. The van der Waals surface area contributed by atoms with Crippen molar-refractivity contribution < 1.29 is 14.3 Å². The zero-order valence-corrected chi connectivity index (χ0v) is 17.0. The Bertz CT molecular complexity index is 855. The molecule has 0 aromatic heterocycles. The SMILES string of the molecule is COc1cccc2c1C(C)CN(c1ccc(N3C[C@@H](C)O[C@@H](C)C3)cc1)C2=O. The number of methoxy groups -OCH3 is 1. The van der Waals surface area contributed by atoms with Crippen molar-refractivity contribution in [3.63, 3.8) is 0 Å². The fourth-order valence-electron chi connectivity index (χ4n) is 4.47. The lowest BCUT2D eigenvalue weighted by Gasteiger charge is -2.37. The van der Waals surface area contributed by atoms with Gasteiger partial charge in [-0.3, -0.25) is 4.79 Å². The fraction of sp³-hybridized carbons (Fsp3) is 0.435. The minimum Gasteiger partial charge on any atom is -0.496 e. The average molecular weight is 380 g/mol. The van der Waals surface area contributed by atoms with E-state index in [0.717, 1.165) is 35.7 Å². The Morgan fingerprint density at radius 1 is 0.929 bits per heavy atom. The van der Waals surface area contributed by atoms with Gasteiger partial charge in [0.2, 0.25) is 0 Å². The van der Waals surface area contributed by atoms with Crippen LogP contribution in [0.5, 0.6) is 5.75 Å². The number of rotatable bonds is 3. The summed E-state index contributed by atoms with van der Waals surface area (Å²) in [5.41, 5.74) is 3.85. The second-order valence-electron chi connectivity index (χ2n) is 7.92. The van der Waals surface area contributed by atoms with E-state index < -0.39 is 0 Å². The quantitative estimate of drug-likeness (QED) is 0.805. The van der Waals surface area contributed by atoms with Gasteiger partial charge in [0, 0.05) is 48.1 Å². The topological polar surface area (TPSA) is 42.0 Å². The third-order valence-corrected chi connectivity index (χ3v) is 5.66. The Morgan fingerprint density at radius 2 is 1.57 bits per heavy atom. The molecule has 28 heavy (non-hydrogen) atoms. The van der Waals surface area contributed by atoms with E-state index >= 15 is 0 Å². The molecule has 2 aromatic carbocycles. The third kappa shape index (κ3) is 3.35. The van der Waals surface area contributed by atoms with Crippen molar-refractivity contribution in [1.82, 2.24) is 0 Å². The van der Waals surface area contributed by atoms with E-state index in [0.29, 0.717) is 6.54 Å². The van der Waals surface area contributed by atoms with Crippen LogP contribution in [0.15, 0.2) is 42.5 Å². The van der Waals surface area contributed by atoms with Crippen molar-refractivity contribution >= 4 is 17.3 Å². The number of amides is 1. The molecule has 2 aromatic rings. The maximum atomic E-state index is 13.1. The van der Waals surface area contributed by atoms with Gasteiger partial charge in [-0.25, -0.2) is 0 Å². The summed E-state index contributed by atoms with van der Waals surface area (Å²) in [5.74, 6) is 1.04. The molecule has 2 aliphatic rings. The second kappa shape index (κ2) is 7.47. The van der Waals surface area contributed by atoms with Crippen LogP contribution in [0, 0.1) is 0 Å². The number of carbonyl (C=O) groups is 1. The number of hydrogen-bond acceptors (Lipinski definition) is 4. The van der Waals surface area contributed by atoms with Crippen LogP contribution in [0.3, 0.4) is 0 Å². The lowest BCUT2D eigenvalue weighted by molar-refractivity contribution is -0.00521. The van der Waals surface area contributed by atoms with Crippen molar-refractivity contribution in [1.29, 1.82) is 0 Å². The van der Waals surface area contributed by atoms with E-state index in [1.165, 1.54) is 5.69 Å². The molecule has 5 heteroatoms. The Labute approximate surface area is 166 Å². The van der Waals surface area contributed by atoms with E-state index in [-0.39, 0.29) is 24.0 Å². The first-order valence-corrected chi connectivity index (χ1v) is 9.97. The van der Waals surface area contributed by atoms with Gasteiger partial charge >= 0.3 is 0 Å². The highest BCUT2D eigenvalue weighted by atomic mass is 16.5. The first-order chi connectivity index (χ1) is 13.5. The predicted molar refractivity (Wildman–Crippen MR) is 112 cm³/mol. The van der Waals surface area contributed by atoms with E-state index in [9.17, 15) is 4.79 Å². The monoisotopic (exact) mass is 380 g/mol. The lowest BCUT2D eigenvalue weighted by atomic mass is 9.89. The maximum absolute atomic E-state index is 13.1. The third-order valence-electron chi connectivity index (χ3n) is 5.66. The Morgan fingerprint density at radius 3 is 2.21 bits per heavy atom. The second-order valence-corrected chi connectivity index (χ2v) is 7.92. The van der Waals surface area contributed by atoms with E-state index in [1.807, 2.05) is 23.1 Å². The molecule has 1 fully saturated rings. The number of ether oxygens (including phenoxy) is 2. The van der Waals surface area contributed by atoms with Crippen molar-refractivity contribution in [3.8, 4) is 5.75 Å². The van der Waals surface area contributed by atoms with Crippen molar-refractivity contribution in [3.05, 3.63) is 53.6 Å². The van der Waals surface area contributed by atoms with Gasteiger partial charge in [0.1, 0.15) is 5.75 Å². The van der Waals surface area contributed by atoms with Crippen molar-refractivity contribution in [2.45, 2.75) is 38.9 Å². The van der Waals surface area contributed by atoms with E-state index in [4.69, 9.17) is 9.47 Å². The number of morpholine rings is 1. The molecule has 0 radical (unpaired) electrons. The molecule has 0 spiro atoms. The van der Waals surface area contributed by atoms with Gasteiger partial charge < -0.3 is 19.3 Å². The molecule has 4 rings (SSSR count). The summed E-state index contributed by atoms with van der Waals surface area (Å²) in [4.78, 5) is 17.4. The maximum Gasteiger partial charge on any atom is 0.258 e. The van der Waals surface area contributed by atoms with Gasteiger partial charge in [-0.1, -0.05) is 13.0 Å². The Hall–Kier alpha value is -2.53. The minimum atomic E-state index is 0.0355. The summed E-state index contributed by atoms with van der Waals surface area (Å²) >= 11 is 0. The number of fused-ring (bicyclic) bond motifs is 1. The molecule has 1 saturated heterocycles. The largest absolute Gasteiger partial charge is 0.496 e. The van der Waals surface area contributed by atoms with Crippen LogP contribution in [0.25, 0.3) is 0 Å². The Kier molecular flexibility index (Phi) is 5.02. The van der Waals surface area contributed by atoms with Crippen LogP contribution in [0.1, 0.15) is 42.6 Å². The van der Waals surface area contributed by atoms with Crippen molar-refractivity contribution in [2.75, 3.05) is 36.5 Å². The highest BCUT2D eigenvalue weighted by molar-refractivity contribution is 6.09. The molecule has 0 aliphatic carbocycles. The summed E-state index contributed by atoms with van der Waals surface area (Å²) in [5, 5.41) is 0. The molecule has 0 bridgehead atoms. The van der Waals surface area contributed by atoms with Crippen LogP contribution in [-0.2, 0) is 4.74 Å². The van der Waals surface area contributed by atoms with Gasteiger partial charge in [0.05, 0.1) is 19.3 Å². The molecule has 1 unspecified atom stereocenters. The molecular weight excluding hydrogens is 352 g/mol. The van der Waals surface area contributed by atoms with Crippen LogP contribution in [-0.4, -0.2) is 44.9 Å². The first kappa shape index (κ1) is 18.8. The van der Waals surface area contributed by atoms with Crippen LogP contribution in [0.2, 0.25) is 0 Å². The van der Waals surface area contributed by atoms with Gasteiger partial charge in [-0.2, -0.15) is 0 Å². The number of hydrogen-bond donors (Lipinski definition) is 0. The average Bonchev–Trinajstić information content (AvgIpc) is 2.69. The molecule has 2 heterocycles. The highest BCUT2D eigenvalue weighted by Crippen LogP contribution is 2.37. The van der Waals surface area contributed by atoms with Gasteiger partial charge in [-0.05, 0) is 50.2 Å². The Balaban J connectivity index is 1.59. The normalized spacial score (nSPS) is 24.9. The summed E-state index contributed by atoms with van der Waals surface area (Å²) in [6.45, 7) is 8.78. The molecule has 1 amide bonds. The zero-order valence-electron chi connectivity index (χ0n) is 17.0. The number of anilines is 2. The smallest absolute Gasteiger partial charge is 0.258 e. The van der Waals surface area contributed by atoms with Crippen LogP contribution < -0.4 is 14.5 Å². The zero-order chi connectivity index (χ0) is 19.8. The van der Waals surface area contributed by atoms with Crippen molar-refractivity contribution in [2.24, 2.45) is 0 Å².